The quantitative estimate of drug-likeness (QED) is 0.925. The molecule has 0 spiro atoms. The first-order valence-corrected chi connectivity index (χ1v) is 6.87. The van der Waals surface area contributed by atoms with Gasteiger partial charge in [0.2, 0.25) is 5.91 Å². The Labute approximate surface area is 117 Å². The minimum atomic E-state index is -1.28. The Morgan fingerprint density at radius 1 is 1.25 bits per heavy atom. The van der Waals surface area contributed by atoms with Crippen LogP contribution in [0.2, 0.25) is 0 Å². The largest absolute Gasteiger partial charge is 0.478 e. The summed E-state index contributed by atoms with van der Waals surface area (Å²) in [5.41, 5.74) is 0.286. The SMILES string of the molecule is O=C(O)c1ccc(CN2CCCCCCC2=O)cc1F. The zero-order chi connectivity index (χ0) is 14.5. The van der Waals surface area contributed by atoms with Crippen LogP contribution in [-0.4, -0.2) is 28.4 Å². The maximum Gasteiger partial charge on any atom is 0.338 e. The van der Waals surface area contributed by atoms with Crippen LogP contribution in [0.15, 0.2) is 18.2 Å². The molecule has 0 unspecified atom stereocenters. The molecule has 20 heavy (non-hydrogen) atoms. The van der Waals surface area contributed by atoms with Crippen LogP contribution in [0.5, 0.6) is 0 Å². The number of carboxylic acids is 1. The fraction of sp³-hybridized carbons (Fsp3) is 0.467. The van der Waals surface area contributed by atoms with Crippen molar-refractivity contribution in [2.75, 3.05) is 6.54 Å². The Hall–Kier alpha value is -1.91. The van der Waals surface area contributed by atoms with Crippen molar-refractivity contribution in [3.63, 3.8) is 0 Å². The number of rotatable bonds is 3. The second kappa shape index (κ2) is 6.50. The van der Waals surface area contributed by atoms with Gasteiger partial charge in [-0.05, 0) is 30.5 Å². The molecule has 5 heteroatoms. The van der Waals surface area contributed by atoms with Crippen LogP contribution in [0.4, 0.5) is 4.39 Å². The second-order valence-electron chi connectivity index (χ2n) is 5.10. The smallest absolute Gasteiger partial charge is 0.338 e. The number of benzene rings is 1. The average Bonchev–Trinajstić information content (AvgIpc) is 2.38. The first kappa shape index (κ1) is 14.5. The van der Waals surface area contributed by atoms with E-state index in [4.69, 9.17) is 5.11 Å². The monoisotopic (exact) mass is 279 g/mol. The molecule has 1 aliphatic rings. The third kappa shape index (κ3) is 3.56. The van der Waals surface area contributed by atoms with E-state index in [9.17, 15) is 14.0 Å². The van der Waals surface area contributed by atoms with E-state index in [-0.39, 0.29) is 11.5 Å². The number of amides is 1. The predicted molar refractivity (Wildman–Crippen MR) is 71.9 cm³/mol. The highest BCUT2D eigenvalue weighted by Gasteiger charge is 2.17. The van der Waals surface area contributed by atoms with Crippen LogP contribution in [0, 0.1) is 5.82 Å². The van der Waals surface area contributed by atoms with Crippen molar-refractivity contribution in [1.29, 1.82) is 0 Å². The lowest BCUT2D eigenvalue weighted by molar-refractivity contribution is -0.132. The molecule has 4 nitrogen and oxygen atoms in total. The fourth-order valence-corrected chi connectivity index (χ4v) is 2.43. The molecule has 0 aromatic heterocycles. The summed E-state index contributed by atoms with van der Waals surface area (Å²) < 4.78 is 13.6. The minimum absolute atomic E-state index is 0.0902. The zero-order valence-corrected chi connectivity index (χ0v) is 11.3. The number of carbonyl (C=O) groups is 2. The van der Waals surface area contributed by atoms with E-state index in [2.05, 4.69) is 0 Å². The molecule has 1 amide bonds. The van der Waals surface area contributed by atoms with Gasteiger partial charge in [-0.1, -0.05) is 18.9 Å². The van der Waals surface area contributed by atoms with Gasteiger partial charge in [0.1, 0.15) is 5.82 Å². The molecule has 1 N–H and O–H groups in total. The van der Waals surface area contributed by atoms with Gasteiger partial charge in [-0.2, -0.15) is 0 Å². The van der Waals surface area contributed by atoms with E-state index in [1.165, 1.54) is 12.1 Å². The number of halogens is 1. The molecule has 0 atom stereocenters. The van der Waals surface area contributed by atoms with Crippen LogP contribution in [0.3, 0.4) is 0 Å². The molecule has 108 valence electrons. The summed E-state index contributed by atoms with van der Waals surface area (Å²) in [6, 6.07) is 4.02. The molecule has 0 bridgehead atoms. The third-order valence-electron chi connectivity index (χ3n) is 3.56. The van der Waals surface area contributed by atoms with Gasteiger partial charge in [-0.25, -0.2) is 9.18 Å². The molecule has 2 rings (SSSR count). The van der Waals surface area contributed by atoms with Crippen molar-refractivity contribution in [2.45, 2.75) is 38.6 Å². The highest BCUT2D eigenvalue weighted by Crippen LogP contribution is 2.16. The van der Waals surface area contributed by atoms with Crippen molar-refractivity contribution in [1.82, 2.24) is 4.90 Å². The Morgan fingerprint density at radius 3 is 2.70 bits per heavy atom. The van der Waals surface area contributed by atoms with Gasteiger partial charge in [0.15, 0.2) is 0 Å². The third-order valence-corrected chi connectivity index (χ3v) is 3.56. The Balaban J connectivity index is 2.09. The Bertz CT molecular complexity index is 516. The van der Waals surface area contributed by atoms with E-state index in [1.54, 1.807) is 11.0 Å². The van der Waals surface area contributed by atoms with Crippen LogP contribution in [-0.2, 0) is 11.3 Å². The average molecular weight is 279 g/mol. The lowest BCUT2D eigenvalue weighted by Gasteiger charge is -2.25. The van der Waals surface area contributed by atoms with Gasteiger partial charge in [-0.15, -0.1) is 0 Å². The molecule has 1 aliphatic heterocycles. The van der Waals surface area contributed by atoms with Gasteiger partial charge in [0, 0.05) is 19.5 Å². The highest BCUT2D eigenvalue weighted by atomic mass is 19.1. The van der Waals surface area contributed by atoms with Crippen molar-refractivity contribution in [3.8, 4) is 0 Å². The zero-order valence-electron chi connectivity index (χ0n) is 11.3. The van der Waals surface area contributed by atoms with Crippen LogP contribution in [0.25, 0.3) is 0 Å². The van der Waals surface area contributed by atoms with Crippen molar-refractivity contribution >= 4 is 11.9 Å². The lowest BCUT2D eigenvalue weighted by Crippen LogP contribution is -2.32. The number of hydrogen-bond acceptors (Lipinski definition) is 2. The predicted octanol–water partition coefficient (Wildman–Crippen LogP) is 2.82. The van der Waals surface area contributed by atoms with Gasteiger partial charge in [0.25, 0.3) is 0 Å². The van der Waals surface area contributed by atoms with Crippen molar-refractivity contribution in [3.05, 3.63) is 35.1 Å². The summed E-state index contributed by atoms with van der Waals surface area (Å²) in [5, 5.41) is 8.78. The molecule has 1 fully saturated rings. The van der Waals surface area contributed by atoms with Gasteiger partial charge in [-0.3, -0.25) is 4.79 Å². The Morgan fingerprint density at radius 2 is 2.00 bits per heavy atom. The van der Waals surface area contributed by atoms with Crippen molar-refractivity contribution < 1.29 is 19.1 Å². The molecule has 0 radical (unpaired) electrons. The summed E-state index contributed by atoms with van der Waals surface area (Å²) >= 11 is 0. The first-order chi connectivity index (χ1) is 9.58. The first-order valence-electron chi connectivity index (χ1n) is 6.87. The van der Waals surface area contributed by atoms with Crippen LogP contribution in [0.1, 0.15) is 48.0 Å². The number of likely N-dealkylation sites (tertiary alicyclic amines) is 1. The summed E-state index contributed by atoms with van der Waals surface area (Å²) in [5.74, 6) is -1.95. The van der Waals surface area contributed by atoms with E-state index < -0.39 is 11.8 Å². The molecular formula is C15H18FNO3. The van der Waals surface area contributed by atoms with Crippen LogP contribution < -0.4 is 0 Å². The highest BCUT2D eigenvalue weighted by molar-refractivity contribution is 5.87. The summed E-state index contributed by atoms with van der Waals surface area (Å²) in [6.45, 7) is 1.02. The minimum Gasteiger partial charge on any atom is -0.478 e. The molecule has 1 aromatic carbocycles. The fourth-order valence-electron chi connectivity index (χ4n) is 2.43. The van der Waals surface area contributed by atoms with E-state index in [1.807, 2.05) is 0 Å². The lowest BCUT2D eigenvalue weighted by atomic mass is 10.1. The summed E-state index contributed by atoms with van der Waals surface area (Å²) in [6.07, 6.45) is 4.59. The molecule has 1 saturated heterocycles. The standard InChI is InChI=1S/C15H18FNO3/c16-13-9-11(6-7-12(13)15(19)20)10-17-8-4-2-1-3-5-14(17)18/h6-7,9H,1-5,8,10H2,(H,19,20). The maximum atomic E-state index is 13.6. The number of carboxylic acid groups (broad SMARTS) is 1. The Kier molecular flexibility index (Phi) is 4.71. The number of aromatic carboxylic acids is 1. The number of hydrogen-bond donors (Lipinski definition) is 1. The van der Waals surface area contributed by atoms with Gasteiger partial charge >= 0.3 is 5.97 Å². The molecule has 0 aliphatic carbocycles. The normalized spacial score (nSPS) is 16.6. The van der Waals surface area contributed by atoms with E-state index >= 15 is 0 Å². The van der Waals surface area contributed by atoms with Gasteiger partial charge < -0.3 is 10.0 Å². The van der Waals surface area contributed by atoms with E-state index in [0.717, 1.165) is 25.7 Å². The van der Waals surface area contributed by atoms with Crippen molar-refractivity contribution in [2.24, 2.45) is 0 Å². The maximum absolute atomic E-state index is 13.6. The number of nitrogens with zero attached hydrogens (tertiary/aromatic N) is 1. The second-order valence-corrected chi connectivity index (χ2v) is 5.10. The van der Waals surface area contributed by atoms with Crippen LogP contribution >= 0.6 is 0 Å². The van der Waals surface area contributed by atoms with E-state index in [0.29, 0.717) is 25.1 Å². The summed E-state index contributed by atoms with van der Waals surface area (Å²) in [4.78, 5) is 24.5. The summed E-state index contributed by atoms with van der Waals surface area (Å²) in [7, 11) is 0. The molecule has 0 saturated carbocycles. The topological polar surface area (TPSA) is 57.6 Å². The number of carbonyl (C=O) groups excluding carboxylic acids is 1. The molecule has 1 heterocycles. The molecular weight excluding hydrogens is 261 g/mol. The molecule has 1 aromatic rings. The van der Waals surface area contributed by atoms with Gasteiger partial charge in [0.05, 0.1) is 5.56 Å².